The van der Waals surface area contributed by atoms with Gasteiger partial charge in [0.1, 0.15) is 0 Å². The van der Waals surface area contributed by atoms with Crippen molar-refractivity contribution in [3.63, 3.8) is 0 Å². The number of halogens is 2. The molecule has 1 saturated carbocycles. The summed E-state index contributed by atoms with van der Waals surface area (Å²) in [7, 11) is 0. The molecule has 1 aliphatic heterocycles. The first kappa shape index (κ1) is 24.9. The van der Waals surface area contributed by atoms with Gasteiger partial charge in [0.05, 0.1) is 13.2 Å². The molecule has 7 heteroatoms. The van der Waals surface area contributed by atoms with E-state index in [1.807, 2.05) is 0 Å². The second-order valence-corrected chi connectivity index (χ2v) is 8.12. The normalized spacial score (nSPS) is 22.6. The molecule has 2 fully saturated rings. The Hall–Kier alpha value is -0.0700. The molecule has 5 nitrogen and oxygen atoms in total. The molecule has 1 heterocycles. The van der Waals surface area contributed by atoms with Crippen molar-refractivity contribution in [2.75, 3.05) is 32.8 Å². The van der Waals surface area contributed by atoms with Crippen molar-refractivity contribution < 1.29 is 9.53 Å². The Labute approximate surface area is 165 Å². The van der Waals surface area contributed by atoms with Gasteiger partial charge in [-0.3, -0.25) is 9.69 Å². The van der Waals surface area contributed by atoms with Gasteiger partial charge in [0, 0.05) is 37.1 Å². The van der Waals surface area contributed by atoms with Crippen LogP contribution in [0.1, 0.15) is 59.3 Å². The van der Waals surface area contributed by atoms with Crippen LogP contribution in [0.25, 0.3) is 0 Å². The number of amides is 1. The van der Waals surface area contributed by atoms with Crippen LogP contribution in [0.3, 0.4) is 0 Å². The molecule has 1 amide bonds. The molecule has 0 bridgehead atoms. The van der Waals surface area contributed by atoms with Crippen LogP contribution in [0.15, 0.2) is 0 Å². The molecule has 25 heavy (non-hydrogen) atoms. The third kappa shape index (κ3) is 6.87. The zero-order valence-electron chi connectivity index (χ0n) is 16.0. The molecular formula is C18H37Cl2N3O2. The molecule has 0 radical (unpaired) electrons. The Morgan fingerprint density at radius 3 is 2.28 bits per heavy atom. The van der Waals surface area contributed by atoms with E-state index >= 15 is 0 Å². The highest BCUT2D eigenvalue weighted by atomic mass is 35.5. The number of nitrogens with zero attached hydrogens (tertiary/aromatic N) is 1. The standard InChI is InChI=1S/C18H35N3O2.2ClH/c1-15(2)12-17(3,14-19)20-16(22)13-18(6-4-5-7-18)21-8-10-23-11-9-21;;/h15H,4-14,19H2,1-3H3,(H,20,22);2*1H. The summed E-state index contributed by atoms with van der Waals surface area (Å²) in [5.41, 5.74) is 5.69. The van der Waals surface area contributed by atoms with E-state index in [0.29, 0.717) is 18.9 Å². The van der Waals surface area contributed by atoms with Crippen molar-refractivity contribution in [2.45, 2.75) is 70.4 Å². The molecule has 1 aliphatic carbocycles. The number of hydrogen-bond acceptors (Lipinski definition) is 4. The van der Waals surface area contributed by atoms with Gasteiger partial charge in [0.15, 0.2) is 0 Å². The Morgan fingerprint density at radius 2 is 1.80 bits per heavy atom. The van der Waals surface area contributed by atoms with E-state index in [-0.39, 0.29) is 41.8 Å². The third-order valence-corrected chi connectivity index (χ3v) is 5.46. The topological polar surface area (TPSA) is 67.6 Å². The molecule has 0 aromatic carbocycles. The van der Waals surface area contributed by atoms with Crippen LogP contribution in [-0.2, 0) is 9.53 Å². The van der Waals surface area contributed by atoms with Gasteiger partial charge in [0.2, 0.25) is 5.91 Å². The fourth-order valence-electron chi connectivity index (χ4n) is 4.44. The summed E-state index contributed by atoms with van der Waals surface area (Å²) in [4.78, 5) is 15.3. The second-order valence-electron chi connectivity index (χ2n) is 8.12. The summed E-state index contributed by atoms with van der Waals surface area (Å²) in [6, 6.07) is 0. The number of rotatable bonds is 7. The highest BCUT2D eigenvalue weighted by Gasteiger charge is 2.42. The molecule has 2 rings (SSSR count). The molecule has 1 atom stereocenters. The maximum atomic E-state index is 12.8. The van der Waals surface area contributed by atoms with Gasteiger partial charge < -0.3 is 15.8 Å². The van der Waals surface area contributed by atoms with E-state index in [2.05, 4.69) is 31.0 Å². The van der Waals surface area contributed by atoms with Gasteiger partial charge in [-0.1, -0.05) is 26.7 Å². The molecule has 3 N–H and O–H groups in total. The fourth-order valence-corrected chi connectivity index (χ4v) is 4.44. The highest BCUT2D eigenvalue weighted by molar-refractivity contribution is 5.85. The minimum atomic E-state index is -0.296. The van der Waals surface area contributed by atoms with Crippen molar-refractivity contribution in [1.82, 2.24) is 10.2 Å². The van der Waals surface area contributed by atoms with Gasteiger partial charge >= 0.3 is 0 Å². The van der Waals surface area contributed by atoms with Crippen LogP contribution in [0, 0.1) is 5.92 Å². The van der Waals surface area contributed by atoms with Crippen LogP contribution in [0.5, 0.6) is 0 Å². The fraction of sp³-hybridized carbons (Fsp3) is 0.944. The lowest BCUT2D eigenvalue weighted by atomic mass is 9.87. The van der Waals surface area contributed by atoms with Gasteiger partial charge in [-0.2, -0.15) is 0 Å². The van der Waals surface area contributed by atoms with Crippen LogP contribution in [0.2, 0.25) is 0 Å². The van der Waals surface area contributed by atoms with E-state index in [1.54, 1.807) is 0 Å². The third-order valence-electron chi connectivity index (χ3n) is 5.46. The second kappa shape index (κ2) is 10.9. The first-order chi connectivity index (χ1) is 10.9. The monoisotopic (exact) mass is 397 g/mol. The number of nitrogens with one attached hydrogen (secondary N) is 1. The SMILES string of the molecule is CC(C)CC(C)(CN)NC(=O)CC1(N2CCOCC2)CCCC1.Cl.Cl. The van der Waals surface area contributed by atoms with E-state index < -0.39 is 0 Å². The smallest absolute Gasteiger partial charge is 0.222 e. The number of nitrogens with two attached hydrogens (primary N) is 1. The van der Waals surface area contributed by atoms with E-state index in [4.69, 9.17) is 10.5 Å². The lowest BCUT2D eigenvalue weighted by Gasteiger charge is -2.44. The first-order valence-electron chi connectivity index (χ1n) is 9.23. The summed E-state index contributed by atoms with van der Waals surface area (Å²) in [5, 5.41) is 3.24. The maximum absolute atomic E-state index is 12.8. The van der Waals surface area contributed by atoms with Crippen LogP contribution in [0.4, 0.5) is 0 Å². The van der Waals surface area contributed by atoms with E-state index in [0.717, 1.165) is 45.6 Å². The minimum absolute atomic E-state index is 0. The maximum Gasteiger partial charge on any atom is 0.222 e. The zero-order chi connectivity index (χ0) is 16.9. The summed E-state index contributed by atoms with van der Waals surface area (Å²) in [5.74, 6) is 0.676. The van der Waals surface area contributed by atoms with E-state index in [9.17, 15) is 4.79 Å². The zero-order valence-corrected chi connectivity index (χ0v) is 17.6. The van der Waals surface area contributed by atoms with Crippen LogP contribution >= 0.6 is 24.8 Å². The quantitative estimate of drug-likeness (QED) is 0.692. The Bertz CT molecular complexity index is 398. The number of carbonyl (C=O) groups excluding carboxylic acids is 1. The van der Waals surface area contributed by atoms with Crippen LogP contribution in [-0.4, -0.2) is 54.7 Å². The summed E-state index contributed by atoms with van der Waals surface area (Å²) >= 11 is 0. The van der Waals surface area contributed by atoms with Gasteiger partial charge in [-0.05, 0) is 32.1 Å². The number of ether oxygens (including phenoxy) is 1. The Kier molecular flexibility index (Phi) is 10.9. The number of carbonyl (C=O) groups is 1. The number of hydrogen-bond donors (Lipinski definition) is 2. The molecule has 0 aromatic heterocycles. The van der Waals surface area contributed by atoms with E-state index in [1.165, 1.54) is 12.8 Å². The molecule has 150 valence electrons. The Morgan fingerprint density at radius 1 is 1.24 bits per heavy atom. The first-order valence-corrected chi connectivity index (χ1v) is 9.23. The largest absolute Gasteiger partial charge is 0.379 e. The molecular weight excluding hydrogens is 361 g/mol. The molecule has 0 spiro atoms. The predicted octanol–water partition coefficient (Wildman–Crippen LogP) is 2.74. The highest BCUT2D eigenvalue weighted by Crippen LogP contribution is 2.38. The average Bonchev–Trinajstić information content (AvgIpc) is 2.96. The molecule has 1 saturated heterocycles. The summed E-state index contributed by atoms with van der Waals surface area (Å²) in [6.07, 6.45) is 6.23. The average molecular weight is 398 g/mol. The van der Waals surface area contributed by atoms with Gasteiger partial charge in [0.25, 0.3) is 0 Å². The predicted molar refractivity (Wildman–Crippen MR) is 108 cm³/mol. The van der Waals surface area contributed by atoms with Crippen LogP contribution < -0.4 is 11.1 Å². The van der Waals surface area contributed by atoms with Crippen molar-refractivity contribution in [2.24, 2.45) is 11.7 Å². The summed E-state index contributed by atoms with van der Waals surface area (Å²) < 4.78 is 5.49. The van der Waals surface area contributed by atoms with Crippen molar-refractivity contribution in [3.8, 4) is 0 Å². The number of morpholine rings is 1. The molecule has 0 aromatic rings. The lowest BCUT2D eigenvalue weighted by Crippen LogP contribution is -2.57. The van der Waals surface area contributed by atoms with Crippen molar-refractivity contribution >= 4 is 30.7 Å². The van der Waals surface area contributed by atoms with Crippen molar-refractivity contribution in [1.29, 1.82) is 0 Å². The Balaban J connectivity index is 0.00000288. The lowest BCUT2D eigenvalue weighted by molar-refractivity contribution is -0.127. The minimum Gasteiger partial charge on any atom is -0.379 e. The summed E-state index contributed by atoms with van der Waals surface area (Å²) in [6.45, 7) is 10.4. The van der Waals surface area contributed by atoms with Gasteiger partial charge in [-0.15, -0.1) is 24.8 Å². The molecule has 2 aliphatic rings. The molecule has 1 unspecified atom stereocenters. The van der Waals surface area contributed by atoms with Crippen molar-refractivity contribution in [3.05, 3.63) is 0 Å². The van der Waals surface area contributed by atoms with Gasteiger partial charge in [-0.25, -0.2) is 0 Å².